The van der Waals surface area contributed by atoms with Gasteiger partial charge in [-0.25, -0.2) is 9.37 Å². The fourth-order valence-corrected chi connectivity index (χ4v) is 3.62. The molecule has 1 aromatic heterocycles. The number of thiazole rings is 1. The summed E-state index contributed by atoms with van der Waals surface area (Å²) >= 11 is 1.62. The zero-order valence-electron chi connectivity index (χ0n) is 14.3. The van der Waals surface area contributed by atoms with Crippen LogP contribution in [0, 0.1) is 17.1 Å². The first-order chi connectivity index (χ1) is 12.7. The van der Waals surface area contributed by atoms with Crippen LogP contribution in [0.1, 0.15) is 6.42 Å². The number of hydrogen-bond donors (Lipinski definition) is 0. The molecule has 2 aromatic rings. The molecule has 0 N–H and O–H groups in total. The Morgan fingerprint density at radius 3 is 2.62 bits per heavy atom. The molecule has 1 fully saturated rings. The van der Waals surface area contributed by atoms with E-state index in [1.54, 1.807) is 34.6 Å². The van der Waals surface area contributed by atoms with Crippen LogP contribution in [0.5, 0.6) is 0 Å². The van der Waals surface area contributed by atoms with Crippen molar-refractivity contribution in [3.05, 3.63) is 41.7 Å². The molecule has 1 amide bonds. The third-order valence-corrected chi connectivity index (χ3v) is 5.14. The number of anilines is 2. The van der Waals surface area contributed by atoms with Gasteiger partial charge in [-0.15, -0.1) is 11.3 Å². The molecule has 0 radical (unpaired) electrons. The topological polar surface area (TPSA) is 63.5 Å². The zero-order valence-corrected chi connectivity index (χ0v) is 15.2. The SMILES string of the molecule is N#CCCN(C(=O)CN1CCN(c2nccs2)CC1)c1ccc(F)cc1. The summed E-state index contributed by atoms with van der Waals surface area (Å²) in [6.45, 7) is 3.81. The highest BCUT2D eigenvalue weighted by Gasteiger charge is 2.23. The van der Waals surface area contributed by atoms with Crippen LogP contribution in [-0.4, -0.2) is 55.1 Å². The maximum absolute atomic E-state index is 13.2. The van der Waals surface area contributed by atoms with Gasteiger partial charge in [0.1, 0.15) is 5.82 Å². The summed E-state index contributed by atoms with van der Waals surface area (Å²) in [6, 6.07) is 7.87. The van der Waals surface area contributed by atoms with Gasteiger partial charge in [0, 0.05) is 50.0 Å². The summed E-state index contributed by atoms with van der Waals surface area (Å²) in [6.07, 6.45) is 2.03. The van der Waals surface area contributed by atoms with Gasteiger partial charge >= 0.3 is 0 Å². The molecule has 1 aliphatic rings. The third-order valence-electron chi connectivity index (χ3n) is 4.31. The molecule has 2 heterocycles. The lowest BCUT2D eigenvalue weighted by Gasteiger charge is -2.35. The van der Waals surface area contributed by atoms with Crippen molar-refractivity contribution in [1.29, 1.82) is 5.26 Å². The van der Waals surface area contributed by atoms with Gasteiger partial charge in [0.25, 0.3) is 0 Å². The van der Waals surface area contributed by atoms with Gasteiger partial charge in [0.2, 0.25) is 5.91 Å². The van der Waals surface area contributed by atoms with Gasteiger partial charge in [-0.1, -0.05) is 0 Å². The van der Waals surface area contributed by atoms with Crippen LogP contribution in [0.2, 0.25) is 0 Å². The molecule has 0 spiro atoms. The summed E-state index contributed by atoms with van der Waals surface area (Å²) in [5.41, 5.74) is 0.619. The number of nitriles is 1. The van der Waals surface area contributed by atoms with E-state index < -0.39 is 0 Å². The van der Waals surface area contributed by atoms with Crippen LogP contribution in [0.4, 0.5) is 15.2 Å². The Balaban J connectivity index is 1.59. The molecular formula is C18H20FN5OS. The first-order valence-electron chi connectivity index (χ1n) is 8.47. The van der Waals surface area contributed by atoms with Crippen LogP contribution in [-0.2, 0) is 4.79 Å². The first-order valence-corrected chi connectivity index (χ1v) is 9.35. The smallest absolute Gasteiger partial charge is 0.241 e. The Kier molecular flexibility index (Phi) is 6.15. The van der Waals surface area contributed by atoms with Crippen LogP contribution in [0.25, 0.3) is 0 Å². The average molecular weight is 373 g/mol. The molecule has 0 bridgehead atoms. The summed E-state index contributed by atoms with van der Waals surface area (Å²) in [4.78, 5) is 23.0. The molecule has 3 rings (SSSR count). The number of benzene rings is 1. The lowest BCUT2D eigenvalue weighted by molar-refractivity contribution is -0.119. The molecule has 0 unspecified atom stereocenters. The summed E-state index contributed by atoms with van der Waals surface area (Å²) in [5.74, 6) is -0.422. The number of hydrogen-bond acceptors (Lipinski definition) is 6. The molecule has 26 heavy (non-hydrogen) atoms. The van der Waals surface area contributed by atoms with Crippen molar-refractivity contribution in [3.63, 3.8) is 0 Å². The van der Waals surface area contributed by atoms with Gasteiger partial charge in [-0.2, -0.15) is 5.26 Å². The third kappa shape index (κ3) is 4.56. The second-order valence-corrected chi connectivity index (χ2v) is 6.88. The van der Waals surface area contributed by atoms with Gasteiger partial charge in [0.15, 0.2) is 5.13 Å². The standard InChI is InChI=1S/C18H20FN5OS/c19-15-2-4-16(5-3-15)24(8-1-6-20)17(25)14-22-9-11-23(12-10-22)18-21-7-13-26-18/h2-5,7,13H,1,8-12,14H2. The van der Waals surface area contributed by atoms with Gasteiger partial charge in [-0.3, -0.25) is 9.69 Å². The Morgan fingerprint density at radius 1 is 1.27 bits per heavy atom. The minimum Gasteiger partial charge on any atom is -0.346 e. The molecule has 136 valence electrons. The second kappa shape index (κ2) is 8.74. The largest absolute Gasteiger partial charge is 0.346 e. The molecule has 1 aromatic carbocycles. The number of rotatable bonds is 6. The lowest BCUT2D eigenvalue weighted by Crippen LogP contribution is -2.50. The van der Waals surface area contributed by atoms with Crippen molar-refractivity contribution < 1.29 is 9.18 Å². The van der Waals surface area contributed by atoms with Crippen LogP contribution in [0.3, 0.4) is 0 Å². The highest BCUT2D eigenvalue weighted by atomic mass is 32.1. The van der Waals surface area contributed by atoms with Crippen LogP contribution >= 0.6 is 11.3 Å². The molecule has 6 nitrogen and oxygen atoms in total. The molecule has 0 atom stereocenters. The number of carbonyl (C=O) groups excluding carboxylic acids is 1. The van der Waals surface area contributed by atoms with Gasteiger partial charge in [0.05, 0.1) is 19.0 Å². The minimum absolute atomic E-state index is 0.0745. The number of aromatic nitrogens is 1. The van der Waals surface area contributed by atoms with Crippen molar-refractivity contribution in [1.82, 2.24) is 9.88 Å². The van der Waals surface area contributed by atoms with E-state index in [2.05, 4.69) is 20.9 Å². The number of carbonyl (C=O) groups is 1. The monoisotopic (exact) mass is 373 g/mol. The first kappa shape index (κ1) is 18.3. The van der Waals surface area contributed by atoms with E-state index >= 15 is 0 Å². The fourth-order valence-electron chi connectivity index (χ4n) is 2.93. The highest BCUT2D eigenvalue weighted by molar-refractivity contribution is 7.13. The van der Waals surface area contributed by atoms with E-state index in [1.165, 1.54) is 12.1 Å². The second-order valence-electron chi connectivity index (χ2n) is 6.01. The molecule has 1 aliphatic heterocycles. The number of piperazine rings is 1. The highest BCUT2D eigenvalue weighted by Crippen LogP contribution is 2.20. The van der Waals surface area contributed by atoms with Crippen molar-refractivity contribution in [2.45, 2.75) is 6.42 Å². The Bertz CT molecular complexity index is 751. The zero-order chi connectivity index (χ0) is 18.4. The predicted molar refractivity (Wildman–Crippen MR) is 99.8 cm³/mol. The normalized spacial score (nSPS) is 14.8. The quantitative estimate of drug-likeness (QED) is 0.778. The van der Waals surface area contributed by atoms with E-state index in [0.29, 0.717) is 12.2 Å². The van der Waals surface area contributed by atoms with Crippen LogP contribution in [0.15, 0.2) is 35.8 Å². The van der Waals surface area contributed by atoms with Crippen molar-refractivity contribution >= 4 is 28.1 Å². The van der Waals surface area contributed by atoms with Gasteiger partial charge < -0.3 is 9.80 Å². The van der Waals surface area contributed by atoms with Crippen molar-refractivity contribution in [3.8, 4) is 6.07 Å². The minimum atomic E-state index is -0.347. The summed E-state index contributed by atoms with van der Waals surface area (Å²) < 4.78 is 13.2. The van der Waals surface area contributed by atoms with Crippen LogP contribution < -0.4 is 9.80 Å². The molecule has 0 aliphatic carbocycles. The lowest BCUT2D eigenvalue weighted by atomic mass is 10.2. The van der Waals surface area contributed by atoms with E-state index in [-0.39, 0.29) is 24.7 Å². The fraction of sp³-hybridized carbons (Fsp3) is 0.389. The van der Waals surface area contributed by atoms with Crippen molar-refractivity contribution in [2.75, 3.05) is 49.1 Å². The van der Waals surface area contributed by atoms with E-state index in [0.717, 1.165) is 31.3 Å². The summed E-state index contributed by atoms with van der Waals surface area (Å²) in [5, 5.41) is 11.8. The van der Waals surface area contributed by atoms with E-state index in [9.17, 15) is 9.18 Å². The molecule has 0 saturated carbocycles. The van der Waals surface area contributed by atoms with E-state index in [4.69, 9.17) is 5.26 Å². The molecule has 8 heteroatoms. The summed E-state index contributed by atoms with van der Waals surface area (Å²) in [7, 11) is 0. The van der Waals surface area contributed by atoms with Gasteiger partial charge in [-0.05, 0) is 24.3 Å². The number of nitrogens with zero attached hydrogens (tertiary/aromatic N) is 5. The molecule has 1 saturated heterocycles. The average Bonchev–Trinajstić information content (AvgIpc) is 3.19. The predicted octanol–water partition coefficient (Wildman–Crippen LogP) is 2.35. The molecular weight excluding hydrogens is 353 g/mol. The number of halogens is 1. The maximum Gasteiger partial charge on any atom is 0.241 e. The van der Waals surface area contributed by atoms with Crippen molar-refractivity contribution in [2.24, 2.45) is 0 Å². The maximum atomic E-state index is 13.2. The Morgan fingerprint density at radius 2 is 2.00 bits per heavy atom. The Labute approximate surface area is 156 Å². The van der Waals surface area contributed by atoms with E-state index in [1.807, 2.05) is 5.38 Å². The Hall–Kier alpha value is -2.50. The number of amides is 1.